The minimum atomic E-state index is -0.633. The van der Waals surface area contributed by atoms with Gasteiger partial charge in [0.1, 0.15) is 0 Å². The van der Waals surface area contributed by atoms with Crippen molar-refractivity contribution in [2.24, 2.45) is 0 Å². The molecule has 0 saturated carbocycles. The number of rotatable bonds is 3. The third-order valence-electron chi connectivity index (χ3n) is 2.05. The number of aromatic nitrogens is 2. The van der Waals surface area contributed by atoms with Crippen LogP contribution in [0.3, 0.4) is 0 Å². The van der Waals surface area contributed by atoms with Gasteiger partial charge in [-0.3, -0.25) is 10.1 Å². The number of ether oxygens (including phenoxy) is 1. The largest absolute Gasteiger partial charge is 0.463 e. The molecule has 1 aromatic heterocycles. The van der Waals surface area contributed by atoms with Crippen molar-refractivity contribution >= 4 is 28.5 Å². The summed E-state index contributed by atoms with van der Waals surface area (Å²) < 4.78 is 8.24. The van der Waals surface area contributed by atoms with E-state index >= 15 is 0 Å². The van der Waals surface area contributed by atoms with Gasteiger partial charge in [0.15, 0.2) is 0 Å². The maximum Gasteiger partial charge on any atom is 0.377 e. The number of benzene rings is 1. The Morgan fingerprint density at radius 1 is 1.28 bits per heavy atom. The average Bonchev–Trinajstić information content (AvgIpc) is 2.87. The van der Waals surface area contributed by atoms with Crippen LogP contribution in [0, 0.1) is 0 Å². The smallest absolute Gasteiger partial charge is 0.377 e. The molecule has 2 rings (SSSR count). The number of anilines is 1. The predicted molar refractivity (Wildman–Crippen MR) is 65.6 cm³/mol. The Bertz CT molecular complexity index is 568. The molecule has 6 nitrogen and oxygen atoms in total. The summed E-state index contributed by atoms with van der Waals surface area (Å²) in [4.78, 5) is 26.8. The lowest BCUT2D eigenvalue weighted by atomic mass is 10.2. The first-order valence-electron chi connectivity index (χ1n) is 4.99. The van der Waals surface area contributed by atoms with Crippen LogP contribution in [0.1, 0.15) is 21.0 Å². The lowest BCUT2D eigenvalue weighted by molar-refractivity contribution is 0.0588. The van der Waals surface area contributed by atoms with Gasteiger partial charge < -0.3 is 4.74 Å². The van der Waals surface area contributed by atoms with Crippen molar-refractivity contribution < 1.29 is 14.3 Å². The molecule has 1 N–H and O–H groups in total. The molecule has 0 aliphatic rings. The van der Waals surface area contributed by atoms with E-state index < -0.39 is 5.97 Å². The Kier molecular flexibility index (Phi) is 3.63. The lowest BCUT2D eigenvalue weighted by Crippen LogP contribution is -2.12. The normalized spacial score (nSPS) is 9.83. The van der Waals surface area contributed by atoms with E-state index in [1.807, 2.05) is 6.07 Å². The molecule has 18 heavy (non-hydrogen) atoms. The molecule has 0 aliphatic carbocycles. The highest BCUT2D eigenvalue weighted by atomic mass is 32.1. The molecule has 1 aromatic carbocycles. The van der Waals surface area contributed by atoms with Crippen molar-refractivity contribution in [2.75, 3.05) is 12.4 Å². The van der Waals surface area contributed by atoms with Crippen molar-refractivity contribution in [3.8, 4) is 0 Å². The topological polar surface area (TPSA) is 81.2 Å². The standard InChI is InChI=1S/C11H9N3O3S/c1-17-10(16)8-12-11(18-14-8)13-9(15)7-5-3-2-4-6-7/h2-6H,1H3,(H,12,13,14,15). The van der Waals surface area contributed by atoms with Crippen LogP contribution in [0.15, 0.2) is 30.3 Å². The highest BCUT2D eigenvalue weighted by molar-refractivity contribution is 7.10. The monoisotopic (exact) mass is 263 g/mol. The summed E-state index contributed by atoms with van der Waals surface area (Å²) in [5, 5.41) is 2.81. The molecular weight excluding hydrogens is 254 g/mol. The highest BCUT2D eigenvalue weighted by Gasteiger charge is 2.14. The fraction of sp³-hybridized carbons (Fsp3) is 0.0909. The minimum Gasteiger partial charge on any atom is -0.463 e. The summed E-state index contributed by atoms with van der Waals surface area (Å²) in [5.41, 5.74) is 0.507. The molecule has 0 bridgehead atoms. The molecule has 0 spiro atoms. The molecule has 0 unspecified atom stereocenters. The van der Waals surface area contributed by atoms with Gasteiger partial charge in [-0.1, -0.05) is 18.2 Å². The van der Waals surface area contributed by atoms with Crippen LogP contribution < -0.4 is 5.32 Å². The Morgan fingerprint density at radius 2 is 2.00 bits per heavy atom. The van der Waals surface area contributed by atoms with E-state index in [0.29, 0.717) is 5.56 Å². The van der Waals surface area contributed by atoms with Crippen LogP contribution in [0.4, 0.5) is 5.13 Å². The Labute approximate surface area is 107 Å². The maximum atomic E-state index is 11.8. The zero-order chi connectivity index (χ0) is 13.0. The summed E-state index contributed by atoms with van der Waals surface area (Å²) >= 11 is 0.922. The SMILES string of the molecule is COC(=O)c1nsc(NC(=O)c2ccccc2)n1. The molecule has 1 amide bonds. The third kappa shape index (κ3) is 2.69. The first kappa shape index (κ1) is 12.2. The number of amides is 1. The molecule has 0 fully saturated rings. The number of methoxy groups -OCH3 is 1. The van der Waals surface area contributed by atoms with E-state index in [4.69, 9.17) is 0 Å². The van der Waals surface area contributed by atoms with Crippen LogP contribution in [-0.2, 0) is 4.74 Å². The van der Waals surface area contributed by atoms with Crippen molar-refractivity contribution in [1.29, 1.82) is 0 Å². The molecule has 1 heterocycles. The predicted octanol–water partition coefficient (Wildman–Crippen LogP) is 1.58. The van der Waals surface area contributed by atoms with Crippen LogP contribution in [0.5, 0.6) is 0 Å². The van der Waals surface area contributed by atoms with Crippen molar-refractivity contribution in [2.45, 2.75) is 0 Å². The zero-order valence-corrected chi connectivity index (χ0v) is 10.2. The number of nitrogens with zero attached hydrogens (tertiary/aromatic N) is 2. The van der Waals surface area contributed by atoms with Gasteiger partial charge in [0.25, 0.3) is 11.7 Å². The van der Waals surface area contributed by atoms with Gasteiger partial charge in [-0.25, -0.2) is 4.79 Å². The third-order valence-corrected chi connectivity index (χ3v) is 2.68. The van der Waals surface area contributed by atoms with Gasteiger partial charge in [-0.2, -0.15) is 9.36 Å². The number of hydrogen-bond donors (Lipinski definition) is 1. The molecule has 0 saturated heterocycles. The van der Waals surface area contributed by atoms with E-state index in [1.54, 1.807) is 24.3 Å². The van der Waals surface area contributed by atoms with Crippen LogP contribution in [0.25, 0.3) is 0 Å². The van der Waals surface area contributed by atoms with E-state index in [1.165, 1.54) is 7.11 Å². The maximum absolute atomic E-state index is 11.8. The summed E-state index contributed by atoms with van der Waals surface area (Å²) in [6.07, 6.45) is 0. The lowest BCUT2D eigenvalue weighted by Gasteiger charge is -1.99. The minimum absolute atomic E-state index is 0.0640. The van der Waals surface area contributed by atoms with E-state index in [2.05, 4.69) is 19.4 Å². The van der Waals surface area contributed by atoms with Gasteiger partial charge in [-0.15, -0.1) is 0 Å². The quantitative estimate of drug-likeness (QED) is 0.850. The Hall–Kier alpha value is -2.28. The van der Waals surface area contributed by atoms with Gasteiger partial charge in [-0.05, 0) is 12.1 Å². The van der Waals surface area contributed by atoms with Gasteiger partial charge in [0, 0.05) is 17.1 Å². The van der Waals surface area contributed by atoms with Gasteiger partial charge in [0.05, 0.1) is 7.11 Å². The summed E-state index contributed by atoms with van der Waals surface area (Å²) in [6, 6.07) is 8.69. The van der Waals surface area contributed by atoms with E-state index in [0.717, 1.165) is 11.5 Å². The van der Waals surface area contributed by atoms with Gasteiger partial charge in [0.2, 0.25) is 5.13 Å². The fourth-order valence-corrected chi connectivity index (χ4v) is 1.76. The molecule has 0 aliphatic heterocycles. The van der Waals surface area contributed by atoms with Gasteiger partial charge >= 0.3 is 5.97 Å². The molecule has 0 radical (unpaired) electrons. The fourth-order valence-electron chi connectivity index (χ4n) is 1.21. The summed E-state index contributed by atoms with van der Waals surface area (Å²) in [5.74, 6) is -1.000. The Balaban J connectivity index is 2.08. The van der Waals surface area contributed by atoms with Crippen LogP contribution in [0.2, 0.25) is 0 Å². The van der Waals surface area contributed by atoms with E-state index in [9.17, 15) is 9.59 Å². The molecular formula is C11H9N3O3S. The first-order valence-corrected chi connectivity index (χ1v) is 5.76. The van der Waals surface area contributed by atoms with Crippen molar-refractivity contribution in [3.05, 3.63) is 41.7 Å². The number of nitrogens with one attached hydrogen (secondary N) is 1. The number of carbonyl (C=O) groups is 2. The number of esters is 1. The summed E-state index contributed by atoms with van der Waals surface area (Å²) in [7, 11) is 1.24. The second-order valence-corrected chi connectivity index (χ2v) is 3.99. The first-order chi connectivity index (χ1) is 8.70. The molecule has 7 heteroatoms. The average molecular weight is 263 g/mol. The zero-order valence-electron chi connectivity index (χ0n) is 9.41. The Morgan fingerprint density at radius 3 is 2.67 bits per heavy atom. The van der Waals surface area contributed by atoms with Crippen molar-refractivity contribution in [1.82, 2.24) is 9.36 Å². The van der Waals surface area contributed by atoms with Crippen LogP contribution >= 0.6 is 11.5 Å². The van der Waals surface area contributed by atoms with E-state index in [-0.39, 0.29) is 16.9 Å². The molecule has 92 valence electrons. The summed E-state index contributed by atoms with van der Waals surface area (Å²) in [6.45, 7) is 0. The molecule has 0 atom stereocenters. The highest BCUT2D eigenvalue weighted by Crippen LogP contribution is 2.13. The van der Waals surface area contributed by atoms with Crippen molar-refractivity contribution in [3.63, 3.8) is 0 Å². The second-order valence-electron chi connectivity index (χ2n) is 3.23. The second kappa shape index (κ2) is 5.37. The molecule has 2 aromatic rings. The number of carbonyl (C=O) groups excluding carboxylic acids is 2. The van der Waals surface area contributed by atoms with Crippen LogP contribution in [-0.4, -0.2) is 28.3 Å². The number of hydrogen-bond acceptors (Lipinski definition) is 6.